The van der Waals surface area contributed by atoms with Crippen molar-refractivity contribution >= 4 is 5.97 Å². The van der Waals surface area contributed by atoms with Gasteiger partial charge in [0.1, 0.15) is 5.92 Å². The van der Waals surface area contributed by atoms with Gasteiger partial charge in [0.2, 0.25) is 6.54 Å². The van der Waals surface area contributed by atoms with Crippen LogP contribution in [0.4, 0.5) is 0 Å². The van der Waals surface area contributed by atoms with Gasteiger partial charge in [-0.3, -0.25) is 14.9 Å². The molecule has 1 N–H and O–H groups in total. The fraction of sp³-hybridized carbons (Fsp3) is 0.500. The minimum absolute atomic E-state index is 0.135. The first kappa shape index (κ1) is 9.61. The number of rotatable bonds is 5. The standard InChI is InChI=1S/C6H9NO4/c1-2-3-5(6(8)9)4-7(10)11/h2,5H,1,3-4H2,(H,8,9). The molecule has 0 amide bonds. The van der Waals surface area contributed by atoms with Crippen molar-refractivity contribution in [3.63, 3.8) is 0 Å². The first-order chi connectivity index (χ1) is 5.07. The van der Waals surface area contributed by atoms with Gasteiger partial charge in [-0.15, -0.1) is 6.58 Å². The van der Waals surface area contributed by atoms with E-state index in [-0.39, 0.29) is 6.42 Å². The summed E-state index contributed by atoms with van der Waals surface area (Å²) in [6.45, 7) is 2.76. The van der Waals surface area contributed by atoms with Crippen molar-refractivity contribution in [3.05, 3.63) is 22.8 Å². The van der Waals surface area contributed by atoms with E-state index in [2.05, 4.69) is 6.58 Å². The number of carbonyl (C=O) groups is 1. The molecule has 0 heterocycles. The monoisotopic (exact) mass is 159 g/mol. The van der Waals surface area contributed by atoms with Gasteiger partial charge in [-0.25, -0.2) is 0 Å². The number of allylic oxidation sites excluding steroid dienone is 1. The van der Waals surface area contributed by atoms with E-state index in [4.69, 9.17) is 5.11 Å². The van der Waals surface area contributed by atoms with Crippen molar-refractivity contribution in [1.82, 2.24) is 0 Å². The maximum atomic E-state index is 10.3. The molecule has 0 saturated heterocycles. The van der Waals surface area contributed by atoms with Crippen LogP contribution in [-0.2, 0) is 4.79 Å². The first-order valence-corrected chi connectivity index (χ1v) is 3.03. The smallest absolute Gasteiger partial charge is 0.313 e. The Hall–Kier alpha value is -1.39. The summed E-state index contributed by atoms with van der Waals surface area (Å²) in [4.78, 5) is 19.5. The summed E-state index contributed by atoms with van der Waals surface area (Å²) in [5.41, 5.74) is 0. The molecule has 0 aromatic rings. The third-order valence-corrected chi connectivity index (χ3v) is 1.17. The minimum Gasteiger partial charge on any atom is -0.481 e. The van der Waals surface area contributed by atoms with Gasteiger partial charge < -0.3 is 5.11 Å². The van der Waals surface area contributed by atoms with Crippen LogP contribution in [0.3, 0.4) is 0 Å². The van der Waals surface area contributed by atoms with Crippen LogP contribution in [0.2, 0.25) is 0 Å². The molecule has 0 fully saturated rings. The van der Waals surface area contributed by atoms with Gasteiger partial charge in [0, 0.05) is 4.92 Å². The van der Waals surface area contributed by atoms with Gasteiger partial charge in [0.25, 0.3) is 0 Å². The van der Waals surface area contributed by atoms with Crippen LogP contribution in [0.1, 0.15) is 6.42 Å². The van der Waals surface area contributed by atoms with Gasteiger partial charge in [-0.2, -0.15) is 0 Å². The van der Waals surface area contributed by atoms with Gasteiger partial charge in [-0.05, 0) is 6.42 Å². The zero-order chi connectivity index (χ0) is 8.85. The Morgan fingerprint density at radius 3 is 2.64 bits per heavy atom. The van der Waals surface area contributed by atoms with E-state index in [1.807, 2.05) is 0 Å². The Kier molecular flexibility index (Phi) is 3.87. The second-order valence-electron chi connectivity index (χ2n) is 2.07. The lowest BCUT2D eigenvalue weighted by atomic mass is 10.1. The van der Waals surface area contributed by atoms with E-state index in [1.165, 1.54) is 6.08 Å². The second-order valence-corrected chi connectivity index (χ2v) is 2.07. The molecule has 11 heavy (non-hydrogen) atoms. The van der Waals surface area contributed by atoms with Crippen molar-refractivity contribution in [1.29, 1.82) is 0 Å². The third kappa shape index (κ3) is 4.07. The second kappa shape index (κ2) is 4.43. The summed E-state index contributed by atoms with van der Waals surface area (Å²) < 4.78 is 0. The maximum absolute atomic E-state index is 10.3. The Morgan fingerprint density at radius 2 is 2.36 bits per heavy atom. The lowest BCUT2D eigenvalue weighted by Crippen LogP contribution is -2.22. The Morgan fingerprint density at radius 1 is 1.82 bits per heavy atom. The predicted molar refractivity (Wildman–Crippen MR) is 37.8 cm³/mol. The summed E-state index contributed by atoms with van der Waals surface area (Å²) in [6.07, 6.45) is 1.50. The van der Waals surface area contributed by atoms with Gasteiger partial charge in [-0.1, -0.05) is 6.08 Å². The third-order valence-electron chi connectivity index (χ3n) is 1.17. The maximum Gasteiger partial charge on any atom is 0.313 e. The summed E-state index contributed by atoms with van der Waals surface area (Å²) in [5.74, 6) is -2.09. The average molecular weight is 159 g/mol. The molecule has 5 nitrogen and oxygen atoms in total. The van der Waals surface area contributed by atoms with Crippen LogP contribution in [0.5, 0.6) is 0 Å². The normalized spacial score (nSPS) is 12.0. The molecular weight excluding hydrogens is 150 g/mol. The van der Waals surface area contributed by atoms with Gasteiger partial charge >= 0.3 is 5.97 Å². The molecule has 5 heteroatoms. The molecule has 0 radical (unpaired) electrons. The number of aliphatic carboxylic acids is 1. The summed E-state index contributed by atoms with van der Waals surface area (Å²) in [5, 5.41) is 18.3. The molecular formula is C6H9NO4. The Balaban J connectivity index is 3.99. The van der Waals surface area contributed by atoms with E-state index >= 15 is 0 Å². The lowest BCUT2D eigenvalue weighted by Gasteiger charge is -2.02. The van der Waals surface area contributed by atoms with E-state index in [1.54, 1.807) is 0 Å². The minimum atomic E-state index is -1.15. The zero-order valence-corrected chi connectivity index (χ0v) is 5.90. The van der Waals surface area contributed by atoms with Crippen molar-refractivity contribution in [3.8, 4) is 0 Å². The van der Waals surface area contributed by atoms with Crippen molar-refractivity contribution < 1.29 is 14.8 Å². The molecule has 62 valence electrons. The molecule has 0 rings (SSSR count). The highest BCUT2D eigenvalue weighted by Gasteiger charge is 2.21. The largest absolute Gasteiger partial charge is 0.481 e. The number of hydrogen-bond donors (Lipinski definition) is 1. The number of hydrogen-bond acceptors (Lipinski definition) is 3. The number of carboxylic acids is 1. The summed E-state index contributed by atoms with van der Waals surface area (Å²) >= 11 is 0. The molecule has 0 aliphatic heterocycles. The number of nitrogens with zero attached hydrogens (tertiary/aromatic N) is 1. The number of nitro groups is 1. The van der Waals surface area contributed by atoms with Gasteiger partial charge in [0.15, 0.2) is 0 Å². The molecule has 0 aromatic carbocycles. The topological polar surface area (TPSA) is 80.4 Å². The molecule has 0 aliphatic rings. The van der Waals surface area contributed by atoms with E-state index < -0.39 is 23.4 Å². The van der Waals surface area contributed by atoms with Crippen LogP contribution in [-0.4, -0.2) is 22.5 Å². The molecule has 0 bridgehead atoms. The van der Waals surface area contributed by atoms with Crippen LogP contribution in [0, 0.1) is 16.0 Å². The quantitative estimate of drug-likeness (QED) is 0.360. The Labute approximate surface area is 63.5 Å². The SMILES string of the molecule is C=CCC(C[N+](=O)[O-])C(=O)O. The molecule has 0 saturated carbocycles. The summed E-state index contributed by atoms with van der Waals surface area (Å²) in [7, 11) is 0. The van der Waals surface area contributed by atoms with Crippen molar-refractivity contribution in [2.75, 3.05) is 6.54 Å². The highest BCUT2D eigenvalue weighted by molar-refractivity contribution is 5.70. The summed E-state index contributed by atoms with van der Waals surface area (Å²) in [6, 6.07) is 0. The molecule has 1 unspecified atom stereocenters. The fourth-order valence-electron chi connectivity index (χ4n) is 0.635. The van der Waals surface area contributed by atoms with E-state index in [0.717, 1.165) is 0 Å². The highest BCUT2D eigenvalue weighted by atomic mass is 16.6. The van der Waals surface area contributed by atoms with Crippen LogP contribution in [0.25, 0.3) is 0 Å². The first-order valence-electron chi connectivity index (χ1n) is 3.03. The van der Waals surface area contributed by atoms with Gasteiger partial charge in [0.05, 0.1) is 0 Å². The van der Waals surface area contributed by atoms with Crippen molar-refractivity contribution in [2.24, 2.45) is 5.92 Å². The van der Waals surface area contributed by atoms with Crippen LogP contribution < -0.4 is 0 Å². The predicted octanol–water partition coefficient (Wildman–Crippen LogP) is 0.540. The fourth-order valence-corrected chi connectivity index (χ4v) is 0.635. The zero-order valence-electron chi connectivity index (χ0n) is 5.90. The van der Waals surface area contributed by atoms with Crippen molar-refractivity contribution in [2.45, 2.75) is 6.42 Å². The molecule has 0 aromatic heterocycles. The Bertz CT molecular complexity index is 177. The lowest BCUT2D eigenvalue weighted by molar-refractivity contribution is -0.485. The van der Waals surface area contributed by atoms with Crippen LogP contribution >= 0.6 is 0 Å². The van der Waals surface area contributed by atoms with Crippen LogP contribution in [0.15, 0.2) is 12.7 Å². The number of carboxylic acid groups (broad SMARTS) is 1. The molecule has 1 atom stereocenters. The molecule has 0 spiro atoms. The highest BCUT2D eigenvalue weighted by Crippen LogP contribution is 2.03. The van der Waals surface area contributed by atoms with E-state index in [0.29, 0.717) is 0 Å². The molecule has 0 aliphatic carbocycles. The average Bonchev–Trinajstić information content (AvgIpc) is 1.86. The van der Waals surface area contributed by atoms with E-state index in [9.17, 15) is 14.9 Å².